The van der Waals surface area contributed by atoms with E-state index in [4.69, 9.17) is 5.73 Å². The van der Waals surface area contributed by atoms with Crippen LogP contribution in [0.2, 0.25) is 0 Å². The predicted molar refractivity (Wildman–Crippen MR) is 89.2 cm³/mol. The van der Waals surface area contributed by atoms with Gasteiger partial charge in [-0.05, 0) is 44.6 Å². The van der Waals surface area contributed by atoms with E-state index >= 15 is 0 Å². The van der Waals surface area contributed by atoms with Gasteiger partial charge >= 0.3 is 0 Å². The summed E-state index contributed by atoms with van der Waals surface area (Å²) < 4.78 is 0. The van der Waals surface area contributed by atoms with Crippen LogP contribution >= 0.6 is 0 Å². The molecule has 0 aromatic heterocycles. The van der Waals surface area contributed by atoms with Crippen molar-refractivity contribution in [1.82, 2.24) is 4.90 Å². The van der Waals surface area contributed by atoms with E-state index in [0.717, 1.165) is 30.8 Å². The molecular formula is C17H29N3O. The van der Waals surface area contributed by atoms with Gasteiger partial charge in [-0.2, -0.15) is 0 Å². The van der Waals surface area contributed by atoms with Crippen LogP contribution in [0, 0.1) is 0 Å². The van der Waals surface area contributed by atoms with Crippen LogP contribution in [-0.2, 0) is 11.3 Å². The summed E-state index contributed by atoms with van der Waals surface area (Å²) in [7, 11) is 2.12. The summed E-state index contributed by atoms with van der Waals surface area (Å²) in [6.07, 6.45) is 5.21. The zero-order valence-electron chi connectivity index (χ0n) is 13.4. The molecule has 0 spiro atoms. The average Bonchev–Trinajstić information content (AvgIpc) is 2.48. The van der Waals surface area contributed by atoms with Crippen molar-refractivity contribution in [2.24, 2.45) is 5.73 Å². The Kier molecular flexibility index (Phi) is 8.71. The molecule has 1 rings (SSSR count). The molecule has 0 saturated carbocycles. The van der Waals surface area contributed by atoms with Gasteiger partial charge in [0.1, 0.15) is 0 Å². The Labute approximate surface area is 128 Å². The number of anilines is 1. The third-order valence-corrected chi connectivity index (χ3v) is 3.60. The van der Waals surface area contributed by atoms with E-state index in [9.17, 15) is 4.79 Å². The van der Waals surface area contributed by atoms with Crippen LogP contribution in [0.4, 0.5) is 5.69 Å². The molecule has 21 heavy (non-hydrogen) atoms. The third kappa shape index (κ3) is 7.25. The second-order valence-electron chi connectivity index (χ2n) is 5.52. The van der Waals surface area contributed by atoms with Gasteiger partial charge < -0.3 is 16.0 Å². The lowest BCUT2D eigenvalue weighted by molar-refractivity contribution is -0.116. The highest BCUT2D eigenvalue weighted by Crippen LogP contribution is 2.14. The van der Waals surface area contributed by atoms with Crippen LogP contribution in [0.15, 0.2) is 24.3 Å². The van der Waals surface area contributed by atoms with Gasteiger partial charge in [0.05, 0.1) is 0 Å². The summed E-state index contributed by atoms with van der Waals surface area (Å²) in [6.45, 7) is 4.74. The van der Waals surface area contributed by atoms with Crippen molar-refractivity contribution >= 4 is 11.6 Å². The monoisotopic (exact) mass is 291 g/mol. The number of para-hydroxylation sites is 1. The standard InChI is InChI=1S/C17H29N3O/c1-3-4-7-12-20(2)13-8-11-17(21)19-16-10-6-5-9-15(16)14-18/h5-6,9-10H,3-4,7-8,11-14,18H2,1-2H3,(H,19,21). The lowest BCUT2D eigenvalue weighted by atomic mass is 10.1. The minimum absolute atomic E-state index is 0.0675. The van der Waals surface area contributed by atoms with Gasteiger partial charge in [-0.1, -0.05) is 38.0 Å². The zero-order valence-corrected chi connectivity index (χ0v) is 13.4. The molecule has 4 nitrogen and oxygen atoms in total. The van der Waals surface area contributed by atoms with Gasteiger partial charge in [0, 0.05) is 18.7 Å². The molecule has 0 aliphatic heterocycles. The number of benzene rings is 1. The Morgan fingerprint density at radius 2 is 1.90 bits per heavy atom. The van der Waals surface area contributed by atoms with E-state index in [2.05, 4.69) is 24.2 Å². The van der Waals surface area contributed by atoms with Crippen molar-refractivity contribution in [3.8, 4) is 0 Å². The summed E-state index contributed by atoms with van der Waals surface area (Å²) in [5.41, 5.74) is 7.48. The molecule has 0 atom stereocenters. The minimum Gasteiger partial charge on any atom is -0.326 e. The number of hydrogen-bond donors (Lipinski definition) is 2. The maximum Gasteiger partial charge on any atom is 0.224 e. The third-order valence-electron chi connectivity index (χ3n) is 3.60. The van der Waals surface area contributed by atoms with Crippen molar-refractivity contribution in [2.45, 2.75) is 45.6 Å². The summed E-state index contributed by atoms with van der Waals surface area (Å²) in [4.78, 5) is 14.3. The van der Waals surface area contributed by atoms with Crippen molar-refractivity contribution < 1.29 is 4.79 Å². The highest BCUT2D eigenvalue weighted by atomic mass is 16.1. The number of carbonyl (C=O) groups is 1. The first kappa shape index (κ1) is 17.7. The van der Waals surface area contributed by atoms with Crippen LogP contribution in [0.25, 0.3) is 0 Å². The lowest BCUT2D eigenvalue weighted by Crippen LogP contribution is -2.22. The van der Waals surface area contributed by atoms with Crippen molar-refractivity contribution in [3.05, 3.63) is 29.8 Å². The van der Waals surface area contributed by atoms with E-state index in [1.54, 1.807) is 0 Å². The van der Waals surface area contributed by atoms with Crippen LogP contribution in [0.5, 0.6) is 0 Å². The Bertz CT molecular complexity index is 420. The fourth-order valence-electron chi connectivity index (χ4n) is 2.29. The molecule has 3 N–H and O–H groups in total. The first-order valence-corrected chi connectivity index (χ1v) is 7.93. The second-order valence-corrected chi connectivity index (χ2v) is 5.52. The molecule has 1 aromatic carbocycles. The molecule has 0 saturated heterocycles. The summed E-state index contributed by atoms with van der Waals surface area (Å²) in [5, 5.41) is 2.95. The van der Waals surface area contributed by atoms with Crippen molar-refractivity contribution in [1.29, 1.82) is 0 Å². The maximum atomic E-state index is 12.0. The molecule has 0 aliphatic carbocycles. The number of unbranched alkanes of at least 4 members (excludes halogenated alkanes) is 2. The maximum absolute atomic E-state index is 12.0. The fourth-order valence-corrected chi connectivity index (χ4v) is 2.29. The lowest BCUT2D eigenvalue weighted by Gasteiger charge is -2.16. The highest BCUT2D eigenvalue weighted by Gasteiger charge is 2.06. The molecule has 0 bridgehead atoms. The minimum atomic E-state index is 0.0675. The normalized spacial score (nSPS) is 10.9. The Morgan fingerprint density at radius 1 is 1.19 bits per heavy atom. The molecular weight excluding hydrogens is 262 g/mol. The van der Waals surface area contributed by atoms with Gasteiger partial charge in [0.25, 0.3) is 0 Å². The SMILES string of the molecule is CCCCCN(C)CCCC(=O)Nc1ccccc1CN. The molecule has 1 amide bonds. The smallest absolute Gasteiger partial charge is 0.224 e. The quantitative estimate of drug-likeness (QED) is 0.652. The van der Waals surface area contributed by atoms with E-state index < -0.39 is 0 Å². The number of amides is 1. The molecule has 1 aromatic rings. The Morgan fingerprint density at radius 3 is 2.62 bits per heavy atom. The number of nitrogens with two attached hydrogens (primary N) is 1. The van der Waals surface area contributed by atoms with Gasteiger partial charge in [-0.3, -0.25) is 4.79 Å². The number of nitrogens with zero attached hydrogens (tertiary/aromatic N) is 1. The summed E-state index contributed by atoms with van der Waals surface area (Å²) in [5.74, 6) is 0.0675. The molecule has 4 heteroatoms. The second kappa shape index (κ2) is 10.4. The van der Waals surface area contributed by atoms with Gasteiger partial charge in [0.15, 0.2) is 0 Å². The van der Waals surface area contributed by atoms with E-state index in [0.29, 0.717) is 13.0 Å². The average molecular weight is 291 g/mol. The first-order valence-electron chi connectivity index (χ1n) is 7.93. The van der Waals surface area contributed by atoms with Crippen LogP contribution in [0.1, 0.15) is 44.6 Å². The zero-order chi connectivity index (χ0) is 15.5. The van der Waals surface area contributed by atoms with Crippen LogP contribution < -0.4 is 11.1 Å². The largest absolute Gasteiger partial charge is 0.326 e. The van der Waals surface area contributed by atoms with Crippen LogP contribution in [0.3, 0.4) is 0 Å². The van der Waals surface area contributed by atoms with E-state index in [-0.39, 0.29) is 5.91 Å². The number of hydrogen-bond acceptors (Lipinski definition) is 3. The molecule has 0 radical (unpaired) electrons. The topological polar surface area (TPSA) is 58.4 Å². The fraction of sp³-hybridized carbons (Fsp3) is 0.588. The molecule has 118 valence electrons. The van der Waals surface area contributed by atoms with E-state index in [1.165, 1.54) is 19.3 Å². The first-order chi connectivity index (χ1) is 10.2. The Balaban J connectivity index is 2.25. The van der Waals surface area contributed by atoms with Crippen LogP contribution in [-0.4, -0.2) is 30.9 Å². The van der Waals surface area contributed by atoms with E-state index in [1.807, 2.05) is 24.3 Å². The highest BCUT2D eigenvalue weighted by molar-refractivity contribution is 5.91. The predicted octanol–water partition coefficient (Wildman–Crippen LogP) is 2.99. The summed E-state index contributed by atoms with van der Waals surface area (Å²) in [6, 6.07) is 7.69. The molecule has 0 heterocycles. The number of carbonyl (C=O) groups excluding carboxylic acids is 1. The number of rotatable bonds is 10. The number of nitrogens with one attached hydrogen (secondary N) is 1. The Hall–Kier alpha value is -1.39. The molecule has 0 unspecified atom stereocenters. The summed E-state index contributed by atoms with van der Waals surface area (Å²) >= 11 is 0. The van der Waals surface area contributed by atoms with Crippen molar-refractivity contribution in [3.63, 3.8) is 0 Å². The molecule has 0 fully saturated rings. The van der Waals surface area contributed by atoms with Gasteiger partial charge in [0.2, 0.25) is 5.91 Å². The van der Waals surface area contributed by atoms with Gasteiger partial charge in [-0.15, -0.1) is 0 Å². The van der Waals surface area contributed by atoms with Gasteiger partial charge in [-0.25, -0.2) is 0 Å². The molecule has 0 aliphatic rings. The van der Waals surface area contributed by atoms with Crippen molar-refractivity contribution in [2.75, 3.05) is 25.5 Å².